The average Bonchev–Trinajstić information content (AvgIpc) is 3.01. The molecule has 22 heavy (non-hydrogen) atoms. The molecule has 1 amide bonds. The predicted octanol–water partition coefficient (Wildman–Crippen LogP) is 3.72. The van der Waals surface area contributed by atoms with Crippen LogP contribution in [0.3, 0.4) is 0 Å². The second-order valence-corrected chi connectivity index (χ2v) is 5.77. The SMILES string of the molecule is CC(OCc1ccccc1)C(=O)Nc1ccc2c(c1)CCC2. The van der Waals surface area contributed by atoms with E-state index in [9.17, 15) is 4.79 Å². The van der Waals surface area contributed by atoms with Crippen LogP contribution in [-0.4, -0.2) is 12.0 Å². The minimum absolute atomic E-state index is 0.103. The van der Waals surface area contributed by atoms with Crippen molar-refractivity contribution in [1.29, 1.82) is 0 Å². The van der Waals surface area contributed by atoms with Crippen molar-refractivity contribution in [2.75, 3.05) is 5.32 Å². The van der Waals surface area contributed by atoms with Crippen LogP contribution in [0.5, 0.6) is 0 Å². The maximum atomic E-state index is 12.2. The first-order chi connectivity index (χ1) is 10.7. The number of hydrogen-bond donors (Lipinski definition) is 1. The van der Waals surface area contributed by atoms with Crippen LogP contribution in [0.2, 0.25) is 0 Å². The van der Waals surface area contributed by atoms with Crippen LogP contribution < -0.4 is 5.32 Å². The summed E-state index contributed by atoms with van der Waals surface area (Å²) in [6.45, 7) is 2.23. The third-order valence-electron chi connectivity index (χ3n) is 4.08. The summed E-state index contributed by atoms with van der Waals surface area (Å²) in [5.41, 5.74) is 4.70. The molecule has 0 heterocycles. The lowest BCUT2D eigenvalue weighted by Crippen LogP contribution is -2.27. The Morgan fingerprint density at radius 1 is 1.14 bits per heavy atom. The number of amides is 1. The van der Waals surface area contributed by atoms with Gasteiger partial charge in [0.25, 0.3) is 5.91 Å². The van der Waals surface area contributed by atoms with Gasteiger partial charge in [0.1, 0.15) is 6.10 Å². The first kappa shape index (κ1) is 14.8. The van der Waals surface area contributed by atoms with Crippen molar-refractivity contribution in [2.24, 2.45) is 0 Å². The van der Waals surface area contributed by atoms with Gasteiger partial charge >= 0.3 is 0 Å². The lowest BCUT2D eigenvalue weighted by atomic mass is 10.1. The highest BCUT2D eigenvalue weighted by Gasteiger charge is 2.16. The lowest BCUT2D eigenvalue weighted by molar-refractivity contribution is -0.127. The second-order valence-electron chi connectivity index (χ2n) is 5.77. The summed E-state index contributed by atoms with van der Waals surface area (Å²) >= 11 is 0. The third-order valence-corrected chi connectivity index (χ3v) is 4.08. The number of carbonyl (C=O) groups excluding carboxylic acids is 1. The average molecular weight is 295 g/mol. The van der Waals surface area contributed by atoms with Crippen LogP contribution in [-0.2, 0) is 29.0 Å². The van der Waals surface area contributed by atoms with Crippen molar-refractivity contribution in [3.63, 3.8) is 0 Å². The van der Waals surface area contributed by atoms with E-state index >= 15 is 0 Å². The van der Waals surface area contributed by atoms with Crippen molar-refractivity contribution in [3.05, 3.63) is 65.2 Å². The molecule has 1 unspecified atom stereocenters. The van der Waals surface area contributed by atoms with Gasteiger partial charge in [0.05, 0.1) is 6.61 Å². The molecule has 3 nitrogen and oxygen atoms in total. The number of rotatable bonds is 5. The summed E-state index contributed by atoms with van der Waals surface area (Å²) in [6.07, 6.45) is 3.00. The van der Waals surface area contributed by atoms with E-state index in [1.165, 1.54) is 17.5 Å². The van der Waals surface area contributed by atoms with Gasteiger partial charge in [0.15, 0.2) is 0 Å². The van der Waals surface area contributed by atoms with Crippen LogP contribution in [0.4, 0.5) is 5.69 Å². The molecule has 0 saturated heterocycles. The highest BCUT2D eigenvalue weighted by atomic mass is 16.5. The van der Waals surface area contributed by atoms with E-state index in [2.05, 4.69) is 17.4 Å². The van der Waals surface area contributed by atoms with E-state index in [0.717, 1.165) is 24.1 Å². The van der Waals surface area contributed by atoms with Gasteiger partial charge in [-0.05, 0) is 55.0 Å². The van der Waals surface area contributed by atoms with Gasteiger partial charge in [-0.25, -0.2) is 0 Å². The summed E-state index contributed by atoms with van der Waals surface area (Å²) in [5.74, 6) is -0.103. The molecule has 1 aliphatic carbocycles. The molecule has 0 fully saturated rings. The van der Waals surface area contributed by atoms with Crippen molar-refractivity contribution in [1.82, 2.24) is 0 Å². The largest absolute Gasteiger partial charge is 0.364 e. The summed E-state index contributed by atoms with van der Waals surface area (Å²) in [5, 5.41) is 2.94. The molecule has 0 spiro atoms. The first-order valence-corrected chi connectivity index (χ1v) is 7.80. The van der Waals surface area contributed by atoms with Gasteiger partial charge in [-0.1, -0.05) is 36.4 Å². The minimum atomic E-state index is -0.478. The molecule has 3 rings (SSSR count). The molecule has 1 atom stereocenters. The van der Waals surface area contributed by atoms with Crippen molar-refractivity contribution in [2.45, 2.75) is 38.9 Å². The van der Waals surface area contributed by atoms with Gasteiger partial charge in [-0.3, -0.25) is 4.79 Å². The molecule has 0 aliphatic heterocycles. The van der Waals surface area contributed by atoms with Crippen molar-refractivity contribution >= 4 is 11.6 Å². The normalized spacial score (nSPS) is 14.4. The van der Waals surface area contributed by atoms with Gasteiger partial charge in [-0.15, -0.1) is 0 Å². The number of aryl methyl sites for hydroxylation is 2. The molecule has 0 bridgehead atoms. The van der Waals surface area contributed by atoms with Crippen LogP contribution in [0.15, 0.2) is 48.5 Å². The Balaban J connectivity index is 1.55. The predicted molar refractivity (Wildman–Crippen MR) is 87.8 cm³/mol. The number of hydrogen-bond acceptors (Lipinski definition) is 2. The molecule has 1 N–H and O–H groups in total. The van der Waals surface area contributed by atoms with Gasteiger partial charge in [0, 0.05) is 5.69 Å². The fourth-order valence-corrected chi connectivity index (χ4v) is 2.76. The Morgan fingerprint density at radius 3 is 2.73 bits per heavy atom. The number of carbonyl (C=O) groups is 1. The number of fused-ring (bicyclic) bond motifs is 1. The van der Waals surface area contributed by atoms with Crippen LogP contribution in [0.1, 0.15) is 30.0 Å². The van der Waals surface area contributed by atoms with E-state index in [-0.39, 0.29) is 5.91 Å². The summed E-state index contributed by atoms with van der Waals surface area (Å²) in [6, 6.07) is 16.1. The molecule has 2 aromatic carbocycles. The maximum Gasteiger partial charge on any atom is 0.253 e. The molecule has 3 heteroatoms. The Bertz CT molecular complexity index is 652. The number of nitrogens with one attached hydrogen (secondary N) is 1. The molecule has 114 valence electrons. The molecule has 1 aliphatic rings. The van der Waals surface area contributed by atoms with Gasteiger partial charge in [-0.2, -0.15) is 0 Å². The Labute approximate surface area is 131 Å². The molecular weight excluding hydrogens is 274 g/mol. The van der Waals surface area contributed by atoms with Crippen LogP contribution in [0.25, 0.3) is 0 Å². The smallest absolute Gasteiger partial charge is 0.253 e. The summed E-state index contributed by atoms with van der Waals surface area (Å²) in [4.78, 5) is 12.2. The zero-order valence-electron chi connectivity index (χ0n) is 12.8. The highest BCUT2D eigenvalue weighted by molar-refractivity contribution is 5.94. The Kier molecular flexibility index (Phi) is 4.54. The molecule has 2 aromatic rings. The summed E-state index contributed by atoms with van der Waals surface area (Å²) < 4.78 is 5.64. The van der Waals surface area contributed by atoms with E-state index < -0.39 is 6.10 Å². The Morgan fingerprint density at radius 2 is 1.91 bits per heavy atom. The number of benzene rings is 2. The van der Waals surface area contributed by atoms with Crippen LogP contribution >= 0.6 is 0 Å². The molecule has 0 saturated carbocycles. The monoisotopic (exact) mass is 295 g/mol. The molecule has 0 radical (unpaired) electrons. The lowest BCUT2D eigenvalue weighted by Gasteiger charge is -2.14. The van der Waals surface area contributed by atoms with E-state index in [0.29, 0.717) is 6.61 Å². The summed E-state index contributed by atoms with van der Waals surface area (Å²) in [7, 11) is 0. The third kappa shape index (κ3) is 3.55. The zero-order chi connectivity index (χ0) is 15.4. The van der Waals surface area contributed by atoms with Gasteiger partial charge < -0.3 is 10.1 Å². The Hall–Kier alpha value is -2.13. The fourth-order valence-electron chi connectivity index (χ4n) is 2.76. The standard InChI is InChI=1S/C19H21NO2/c1-14(22-13-15-6-3-2-4-7-15)19(21)20-18-11-10-16-8-5-9-17(16)12-18/h2-4,6-7,10-12,14H,5,8-9,13H2,1H3,(H,20,21). The fraction of sp³-hybridized carbons (Fsp3) is 0.316. The first-order valence-electron chi connectivity index (χ1n) is 7.80. The number of ether oxygens (including phenoxy) is 1. The van der Waals surface area contributed by atoms with E-state index in [1.807, 2.05) is 36.4 Å². The maximum absolute atomic E-state index is 12.2. The molecular formula is C19H21NO2. The quantitative estimate of drug-likeness (QED) is 0.913. The van der Waals surface area contributed by atoms with Crippen molar-refractivity contribution < 1.29 is 9.53 Å². The van der Waals surface area contributed by atoms with E-state index in [1.54, 1.807) is 6.92 Å². The topological polar surface area (TPSA) is 38.3 Å². The van der Waals surface area contributed by atoms with Crippen LogP contribution in [0, 0.1) is 0 Å². The zero-order valence-corrected chi connectivity index (χ0v) is 12.8. The number of anilines is 1. The minimum Gasteiger partial charge on any atom is -0.364 e. The second kappa shape index (κ2) is 6.75. The van der Waals surface area contributed by atoms with Crippen molar-refractivity contribution in [3.8, 4) is 0 Å². The molecule has 0 aromatic heterocycles. The van der Waals surface area contributed by atoms with Gasteiger partial charge in [0.2, 0.25) is 0 Å². The van der Waals surface area contributed by atoms with E-state index in [4.69, 9.17) is 4.74 Å². The highest BCUT2D eigenvalue weighted by Crippen LogP contribution is 2.25.